The SMILES string of the molecule is CCC(C)c1cc(CCc2ccc(OC)cc2OC)nnc1Cl. The maximum Gasteiger partial charge on any atom is 0.155 e. The van der Waals surface area contributed by atoms with Crippen molar-refractivity contribution in [3.63, 3.8) is 0 Å². The Bertz CT molecular complexity index is 661. The standard InChI is InChI=1S/C18H23ClN2O2/c1-5-12(2)16-10-14(20-21-18(16)19)8-6-13-7-9-15(22-3)11-17(13)23-4/h7,9-12H,5-6,8H2,1-4H3. The van der Waals surface area contributed by atoms with E-state index in [0.717, 1.165) is 47.6 Å². The van der Waals surface area contributed by atoms with Gasteiger partial charge in [0.1, 0.15) is 11.5 Å². The molecule has 124 valence electrons. The number of nitrogens with zero attached hydrogens (tertiary/aromatic N) is 2. The van der Waals surface area contributed by atoms with Crippen LogP contribution in [0.3, 0.4) is 0 Å². The van der Waals surface area contributed by atoms with Crippen LogP contribution in [0, 0.1) is 0 Å². The van der Waals surface area contributed by atoms with Crippen LogP contribution in [0.4, 0.5) is 0 Å². The van der Waals surface area contributed by atoms with Gasteiger partial charge in [-0.3, -0.25) is 0 Å². The number of hydrogen-bond acceptors (Lipinski definition) is 4. The van der Waals surface area contributed by atoms with Gasteiger partial charge >= 0.3 is 0 Å². The summed E-state index contributed by atoms with van der Waals surface area (Å²) in [5.74, 6) is 2.00. The first-order chi connectivity index (χ1) is 11.1. The Kier molecular flexibility index (Phi) is 6.22. The number of hydrogen-bond donors (Lipinski definition) is 0. The molecule has 0 aliphatic carbocycles. The molecule has 5 heteroatoms. The molecule has 0 aliphatic rings. The summed E-state index contributed by atoms with van der Waals surface area (Å²) in [4.78, 5) is 0. The van der Waals surface area contributed by atoms with Gasteiger partial charge in [0.25, 0.3) is 0 Å². The first-order valence-electron chi connectivity index (χ1n) is 7.81. The average Bonchev–Trinajstić information content (AvgIpc) is 2.60. The Morgan fingerprint density at radius 2 is 1.87 bits per heavy atom. The van der Waals surface area contributed by atoms with E-state index in [-0.39, 0.29) is 0 Å². The van der Waals surface area contributed by atoms with Gasteiger partial charge in [-0.15, -0.1) is 5.10 Å². The van der Waals surface area contributed by atoms with Crippen LogP contribution in [-0.2, 0) is 12.8 Å². The first-order valence-corrected chi connectivity index (χ1v) is 8.19. The molecule has 1 heterocycles. The third kappa shape index (κ3) is 4.35. The molecule has 0 aliphatic heterocycles. The predicted octanol–water partition coefficient (Wildman–Crippen LogP) is 4.45. The summed E-state index contributed by atoms with van der Waals surface area (Å²) >= 11 is 6.16. The summed E-state index contributed by atoms with van der Waals surface area (Å²) in [5, 5.41) is 8.81. The molecule has 0 fully saturated rings. The zero-order valence-electron chi connectivity index (χ0n) is 14.1. The van der Waals surface area contributed by atoms with Crippen molar-refractivity contribution >= 4 is 11.6 Å². The van der Waals surface area contributed by atoms with Crippen LogP contribution in [0.25, 0.3) is 0 Å². The summed E-state index contributed by atoms with van der Waals surface area (Å²) in [6, 6.07) is 7.93. The highest BCUT2D eigenvalue weighted by atomic mass is 35.5. The Balaban J connectivity index is 2.15. The average molecular weight is 335 g/mol. The number of aryl methyl sites for hydroxylation is 2. The molecule has 0 spiro atoms. The molecule has 1 aromatic carbocycles. The van der Waals surface area contributed by atoms with E-state index in [2.05, 4.69) is 30.1 Å². The highest BCUT2D eigenvalue weighted by Crippen LogP contribution is 2.27. The van der Waals surface area contributed by atoms with Crippen molar-refractivity contribution in [2.75, 3.05) is 14.2 Å². The number of aromatic nitrogens is 2. The first kappa shape index (κ1) is 17.5. The summed E-state index contributed by atoms with van der Waals surface area (Å²) in [5.41, 5.74) is 3.14. The van der Waals surface area contributed by atoms with Gasteiger partial charge < -0.3 is 9.47 Å². The Morgan fingerprint density at radius 1 is 1.09 bits per heavy atom. The van der Waals surface area contributed by atoms with E-state index < -0.39 is 0 Å². The van der Waals surface area contributed by atoms with Crippen LogP contribution in [0.2, 0.25) is 5.15 Å². The number of ether oxygens (including phenoxy) is 2. The van der Waals surface area contributed by atoms with Crippen molar-refractivity contribution in [2.45, 2.75) is 39.0 Å². The lowest BCUT2D eigenvalue weighted by Gasteiger charge is -2.12. The molecule has 0 N–H and O–H groups in total. The second-order valence-electron chi connectivity index (χ2n) is 5.57. The van der Waals surface area contributed by atoms with E-state index in [4.69, 9.17) is 21.1 Å². The fraction of sp³-hybridized carbons (Fsp3) is 0.444. The van der Waals surface area contributed by atoms with E-state index >= 15 is 0 Å². The number of benzene rings is 1. The molecular formula is C18H23ClN2O2. The van der Waals surface area contributed by atoms with E-state index in [1.807, 2.05) is 18.2 Å². The highest BCUT2D eigenvalue weighted by Gasteiger charge is 2.12. The van der Waals surface area contributed by atoms with Gasteiger partial charge in [-0.1, -0.05) is 31.5 Å². The second kappa shape index (κ2) is 8.16. The van der Waals surface area contributed by atoms with Crippen LogP contribution >= 0.6 is 11.6 Å². The molecule has 23 heavy (non-hydrogen) atoms. The number of rotatable bonds is 7. The van der Waals surface area contributed by atoms with Gasteiger partial charge in [0, 0.05) is 6.07 Å². The lowest BCUT2D eigenvalue weighted by molar-refractivity contribution is 0.391. The molecule has 0 bridgehead atoms. The van der Waals surface area contributed by atoms with Crippen molar-refractivity contribution in [1.82, 2.24) is 10.2 Å². The zero-order chi connectivity index (χ0) is 16.8. The van der Waals surface area contributed by atoms with Gasteiger partial charge in [0.2, 0.25) is 0 Å². The minimum Gasteiger partial charge on any atom is -0.497 e. The largest absolute Gasteiger partial charge is 0.497 e. The maximum atomic E-state index is 6.16. The molecule has 2 aromatic rings. The molecule has 4 nitrogen and oxygen atoms in total. The fourth-order valence-electron chi connectivity index (χ4n) is 2.44. The topological polar surface area (TPSA) is 44.2 Å². The van der Waals surface area contributed by atoms with Crippen LogP contribution in [0.15, 0.2) is 24.3 Å². The van der Waals surface area contributed by atoms with Gasteiger partial charge in [-0.05, 0) is 48.4 Å². The van der Waals surface area contributed by atoms with Crippen LogP contribution in [0.5, 0.6) is 11.5 Å². The summed E-state index contributed by atoms with van der Waals surface area (Å²) in [6.45, 7) is 4.29. The van der Waals surface area contributed by atoms with Crippen LogP contribution < -0.4 is 9.47 Å². The van der Waals surface area contributed by atoms with Crippen molar-refractivity contribution < 1.29 is 9.47 Å². The third-order valence-electron chi connectivity index (χ3n) is 4.11. The Hall–Kier alpha value is -1.81. The molecule has 1 unspecified atom stereocenters. The zero-order valence-corrected chi connectivity index (χ0v) is 14.9. The quantitative estimate of drug-likeness (QED) is 0.750. The second-order valence-corrected chi connectivity index (χ2v) is 5.93. The lowest BCUT2D eigenvalue weighted by atomic mass is 9.99. The molecular weight excluding hydrogens is 312 g/mol. The maximum absolute atomic E-state index is 6.16. The minimum atomic E-state index is 0.382. The fourth-order valence-corrected chi connectivity index (χ4v) is 2.72. The number of methoxy groups -OCH3 is 2. The molecule has 0 radical (unpaired) electrons. The minimum absolute atomic E-state index is 0.382. The van der Waals surface area contributed by atoms with Gasteiger partial charge in [-0.25, -0.2) is 0 Å². The van der Waals surface area contributed by atoms with E-state index in [0.29, 0.717) is 11.1 Å². The van der Waals surface area contributed by atoms with Gasteiger partial charge in [0.05, 0.1) is 19.9 Å². The summed E-state index contributed by atoms with van der Waals surface area (Å²) < 4.78 is 10.7. The van der Waals surface area contributed by atoms with Crippen LogP contribution in [0.1, 0.15) is 43.0 Å². The van der Waals surface area contributed by atoms with Crippen LogP contribution in [-0.4, -0.2) is 24.4 Å². The molecule has 0 amide bonds. The summed E-state index contributed by atoms with van der Waals surface area (Å²) in [6.07, 6.45) is 2.64. The van der Waals surface area contributed by atoms with Crippen molar-refractivity contribution in [3.05, 3.63) is 46.2 Å². The Morgan fingerprint density at radius 3 is 2.52 bits per heavy atom. The summed E-state index contributed by atoms with van der Waals surface area (Å²) in [7, 11) is 3.32. The Labute approximate surface area is 142 Å². The predicted molar refractivity (Wildman–Crippen MR) is 92.7 cm³/mol. The van der Waals surface area contributed by atoms with E-state index in [1.54, 1.807) is 14.2 Å². The van der Waals surface area contributed by atoms with Gasteiger partial charge in [0.15, 0.2) is 5.15 Å². The lowest BCUT2D eigenvalue weighted by Crippen LogP contribution is -2.03. The van der Waals surface area contributed by atoms with E-state index in [9.17, 15) is 0 Å². The van der Waals surface area contributed by atoms with Crippen molar-refractivity contribution in [1.29, 1.82) is 0 Å². The monoisotopic (exact) mass is 334 g/mol. The van der Waals surface area contributed by atoms with Crippen molar-refractivity contribution in [2.24, 2.45) is 0 Å². The molecule has 1 aromatic heterocycles. The normalized spacial score (nSPS) is 12.0. The van der Waals surface area contributed by atoms with E-state index in [1.165, 1.54) is 0 Å². The molecule has 2 rings (SSSR count). The van der Waals surface area contributed by atoms with Gasteiger partial charge in [-0.2, -0.15) is 5.10 Å². The highest BCUT2D eigenvalue weighted by molar-refractivity contribution is 6.30. The third-order valence-corrected chi connectivity index (χ3v) is 4.41. The molecule has 0 saturated carbocycles. The molecule has 0 saturated heterocycles. The number of halogens is 1. The molecule has 1 atom stereocenters. The van der Waals surface area contributed by atoms with Crippen molar-refractivity contribution in [3.8, 4) is 11.5 Å². The smallest absolute Gasteiger partial charge is 0.155 e.